The van der Waals surface area contributed by atoms with Crippen LogP contribution in [0.25, 0.3) is 0 Å². The van der Waals surface area contributed by atoms with Gasteiger partial charge in [0.1, 0.15) is 18.1 Å². The lowest BCUT2D eigenvalue weighted by molar-refractivity contribution is 0.406. The van der Waals surface area contributed by atoms with E-state index in [4.69, 9.17) is 9.55 Å². The van der Waals surface area contributed by atoms with E-state index in [0.717, 1.165) is 28.1 Å². The summed E-state index contributed by atoms with van der Waals surface area (Å²) in [6.07, 6.45) is 0. The molecule has 0 saturated heterocycles. The van der Waals surface area contributed by atoms with Crippen LogP contribution >= 0.6 is 12.0 Å². The predicted octanol–water partition coefficient (Wildman–Crippen LogP) is 3.95. The number of benzene rings is 2. The van der Waals surface area contributed by atoms with Crippen LogP contribution in [0, 0.1) is 18.3 Å². The minimum atomic E-state index is 0.267. The van der Waals surface area contributed by atoms with Gasteiger partial charge >= 0.3 is 0 Å². The van der Waals surface area contributed by atoms with Gasteiger partial charge in [0.15, 0.2) is 5.71 Å². The highest BCUT2D eigenvalue weighted by Crippen LogP contribution is 2.18. The Labute approximate surface area is 116 Å². The van der Waals surface area contributed by atoms with Crippen molar-refractivity contribution >= 4 is 17.8 Å². The van der Waals surface area contributed by atoms with E-state index in [1.807, 2.05) is 67.6 Å². The third-order valence-corrected chi connectivity index (χ3v) is 3.05. The number of aryl methyl sites for hydroxylation is 1. The van der Waals surface area contributed by atoms with Crippen molar-refractivity contribution in [3.05, 3.63) is 65.7 Å². The molecule has 0 aromatic heterocycles. The SMILES string of the molecule is Cc1ccc(C(C#N)=NOSc2ccccc2)cc1. The molecule has 0 atom stereocenters. The van der Waals surface area contributed by atoms with Gasteiger partial charge in [-0.05, 0) is 19.1 Å². The van der Waals surface area contributed by atoms with Crippen molar-refractivity contribution < 1.29 is 4.28 Å². The molecular formula is C15H12N2OS. The first-order valence-electron chi connectivity index (χ1n) is 5.73. The van der Waals surface area contributed by atoms with Crippen molar-refractivity contribution in [2.45, 2.75) is 11.8 Å². The Morgan fingerprint density at radius 3 is 2.42 bits per heavy atom. The van der Waals surface area contributed by atoms with Crippen LogP contribution in [-0.4, -0.2) is 5.71 Å². The summed E-state index contributed by atoms with van der Waals surface area (Å²) in [7, 11) is 0. The van der Waals surface area contributed by atoms with Gasteiger partial charge in [-0.15, -0.1) is 0 Å². The van der Waals surface area contributed by atoms with Gasteiger partial charge in [-0.1, -0.05) is 53.2 Å². The van der Waals surface area contributed by atoms with Crippen molar-refractivity contribution in [1.82, 2.24) is 0 Å². The van der Waals surface area contributed by atoms with Crippen molar-refractivity contribution in [3.63, 3.8) is 0 Å². The monoisotopic (exact) mass is 268 g/mol. The van der Waals surface area contributed by atoms with E-state index in [0.29, 0.717) is 0 Å². The number of oxime groups is 1. The summed E-state index contributed by atoms with van der Waals surface area (Å²) in [6, 6.07) is 19.2. The van der Waals surface area contributed by atoms with Gasteiger partial charge < -0.3 is 4.28 Å². The zero-order valence-corrected chi connectivity index (χ0v) is 11.2. The average Bonchev–Trinajstić information content (AvgIpc) is 2.46. The molecule has 0 aliphatic carbocycles. The molecule has 0 aliphatic heterocycles. The summed E-state index contributed by atoms with van der Waals surface area (Å²) in [4.78, 5) is 0.937. The van der Waals surface area contributed by atoms with Crippen LogP contribution in [0.2, 0.25) is 0 Å². The second-order valence-electron chi connectivity index (χ2n) is 3.89. The molecule has 19 heavy (non-hydrogen) atoms. The van der Waals surface area contributed by atoms with Crippen LogP contribution in [0.3, 0.4) is 0 Å². The third-order valence-electron chi connectivity index (χ3n) is 2.44. The minimum Gasteiger partial charge on any atom is -0.316 e. The van der Waals surface area contributed by atoms with Crippen molar-refractivity contribution in [3.8, 4) is 6.07 Å². The lowest BCUT2D eigenvalue weighted by atomic mass is 10.1. The van der Waals surface area contributed by atoms with Crippen LogP contribution in [0.4, 0.5) is 0 Å². The molecule has 3 nitrogen and oxygen atoms in total. The average molecular weight is 268 g/mol. The lowest BCUT2D eigenvalue weighted by Gasteiger charge is -2.00. The molecule has 0 aliphatic rings. The van der Waals surface area contributed by atoms with E-state index in [1.54, 1.807) is 0 Å². The third kappa shape index (κ3) is 3.87. The van der Waals surface area contributed by atoms with E-state index in [1.165, 1.54) is 0 Å². The molecule has 2 aromatic rings. The van der Waals surface area contributed by atoms with Crippen molar-refractivity contribution in [1.29, 1.82) is 5.26 Å². The minimum absolute atomic E-state index is 0.267. The molecule has 2 aromatic carbocycles. The summed E-state index contributed by atoms with van der Waals surface area (Å²) in [6.45, 7) is 1.99. The summed E-state index contributed by atoms with van der Waals surface area (Å²) in [5.41, 5.74) is 2.16. The second kappa shape index (κ2) is 6.62. The smallest absolute Gasteiger partial charge is 0.188 e. The first-order valence-corrected chi connectivity index (χ1v) is 6.47. The molecule has 0 unspecified atom stereocenters. The predicted molar refractivity (Wildman–Crippen MR) is 76.7 cm³/mol. The van der Waals surface area contributed by atoms with Crippen LogP contribution in [0.1, 0.15) is 11.1 Å². The van der Waals surface area contributed by atoms with E-state index >= 15 is 0 Å². The normalized spacial score (nSPS) is 10.8. The molecule has 2 rings (SSSR count). The molecule has 0 amide bonds. The Kier molecular flexibility index (Phi) is 4.60. The van der Waals surface area contributed by atoms with Crippen LogP contribution in [0.15, 0.2) is 64.6 Å². The standard InChI is InChI=1S/C15H12N2OS/c1-12-7-9-13(10-8-12)15(11-16)17-18-19-14-5-3-2-4-6-14/h2-10H,1H3. The van der Waals surface area contributed by atoms with Crippen molar-refractivity contribution in [2.75, 3.05) is 0 Å². The fraction of sp³-hybridized carbons (Fsp3) is 0.0667. The molecule has 94 valence electrons. The number of rotatable bonds is 4. The topological polar surface area (TPSA) is 45.4 Å². The molecule has 0 bridgehead atoms. The Balaban J connectivity index is 2.04. The highest BCUT2D eigenvalue weighted by atomic mass is 32.2. The summed E-state index contributed by atoms with van der Waals surface area (Å²) in [5, 5.41) is 12.9. The molecule has 0 fully saturated rings. The molecule has 0 heterocycles. The second-order valence-corrected chi connectivity index (χ2v) is 4.68. The number of hydrogen-bond acceptors (Lipinski definition) is 4. The summed E-state index contributed by atoms with van der Waals surface area (Å²) in [5.74, 6) is 0. The van der Waals surface area contributed by atoms with E-state index in [2.05, 4.69) is 5.16 Å². The number of hydrogen-bond donors (Lipinski definition) is 0. The van der Waals surface area contributed by atoms with Crippen LogP contribution in [-0.2, 0) is 4.28 Å². The largest absolute Gasteiger partial charge is 0.316 e. The quantitative estimate of drug-likeness (QED) is 0.479. The lowest BCUT2D eigenvalue weighted by Crippen LogP contribution is -1.97. The maximum absolute atomic E-state index is 9.08. The van der Waals surface area contributed by atoms with Crippen LogP contribution in [0.5, 0.6) is 0 Å². The Bertz CT molecular complexity index is 600. The Hall–Kier alpha value is -2.25. The van der Waals surface area contributed by atoms with E-state index < -0.39 is 0 Å². The maximum Gasteiger partial charge on any atom is 0.188 e. The summed E-state index contributed by atoms with van der Waals surface area (Å²) >= 11 is 1.12. The number of nitriles is 1. The molecule has 0 N–H and O–H groups in total. The van der Waals surface area contributed by atoms with Gasteiger partial charge in [-0.25, -0.2) is 0 Å². The fourth-order valence-corrected chi connectivity index (χ4v) is 1.89. The van der Waals surface area contributed by atoms with Gasteiger partial charge in [0.05, 0.1) is 4.90 Å². The van der Waals surface area contributed by atoms with Gasteiger partial charge in [0, 0.05) is 5.56 Å². The van der Waals surface area contributed by atoms with Crippen molar-refractivity contribution in [2.24, 2.45) is 5.16 Å². The fourth-order valence-electron chi connectivity index (χ4n) is 1.42. The maximum atomic E-state index is 9.08. The van der Waals surface area contributed by atoms with Crippen LogP contribution < -0.4 is 0 Å². The van der Waals surface area contributed by atoms with Gasteiger partial charge in [-0.2, -0.15) is 5.26 Å². The zero-order valence-electron chi connectivity index (χ0n) is 10.4. The first kappa shape index (κ1) is 13.2. The van der Waals surface area contributed by atoms with E-state index in [-0.39, 0.29) is 5.71 Å². The molecule has 0 saturated carbocycles. The highest BCUT2D eigenvalue weighted by Gasteiger charge is 2.03. The highest BCUT2D eigenvalue weighted by molar-refractivity contribution is 7.94. The molecular weight excluding hydrogens is 256 g/mol. The first-order chi connectivity index (χ1) is 9.29. The molecule has 4 heteroatoms. The summed E-state index contributed by atoms with van der Waals surface area (Å²) < 4.78 is 5.14. The Morgan fingerprint density at radius 1 is 1.11 bits per heavy atom. The van der Waals surface area contributed by atoms with Gasteiger partial charge in [0.2, 0.25) is 0 Å². The number of nitrogens with zero attached hydrogens (tertiary/aromatic N) is 2. The molecule has 0 spiro atoms. The zero-order chi connectivity index (χ0) is 13.5. The van der Waals surface area contributed by atoms with Gasteiger partial charge in [0.25, 0.3) is 0 Å². The van der Waals surface area contributed by atoms with Gasteiger partial charge in [-0.3, -0.25) is 0 Å². The van der Waals surface area contributed by atoms with E-state index in [9.17, 15) is 0 Å². The Morgan fingerprint density at radius 2 is 1.79 bits per heavy atom. The molecule has 0 radical (unpaired) electrons.